The van der Waals surface area contributed by atoms with Crippen molar-refractivity contribution in [3.63, 3.8) is 0 Å². The number of aliphatic carboxylic acids is 1. The molecule has 2 rings (SSSR count). The van der Waals surface area contributed by atoms with Gasteiger partial charge in [-0.25, -0.2) is 0 Å². The van der Waals surface area contributed by atoms with Gasteiger partial charge in [0.05, 0.1) is 5.92 Å². The van der Waals surface area contributed by atoms with Crippen molar-refractivity contribution >= 4 is 17.6 Å². The highest BCUT2D eigenvalue weighted by atomic mass is 16.4. The second kappa shape index (κ2) is 3.94. The van der Waals surface area contributed by atoms with Crippen LogP contribution in [0.25, 0.3) is 0 Å². The largest absolute Gasteiger partial charge is 0.480 e. The number of carboxylic acid groups (broad SMARTS) is 1. The summed E-state index contributed by atoms with van der Waals surface area (Å²) >= 11 is 0. The Morgan fingerprint density at radius 3 is 2.88 bits per heavy atom. The van der Waals surface area contributed by atoms with Crippen LogP contribution in [0, 0.1) is 0 Å². The first-order valence-corrected chi connectivity index (χ1v) is 4.98. The maximum Gasteiger partial charge on any atom is 0.320 e. The molecule has 4 N–H and O–H groups in total. The molecule has 0 radical (unpaired) electrons. The Hall–Kier alpha value is -1.88. The molecular weight excluding hydrogens is 208 g/mol. The number of carbonyl (C=O) groups is 2. The van der Waals surface area contributed by atoms with Crippen molar-refractivity contribution in [1.29, 1.82) is 0 Å². The minimum absolute atomic E-state index is 0.123. The lowest BCUT2D eigenvalue weighted by Crippen LogP contribution is -2.33. The zero-order valence-corrected chi connectivity index (χ0v) is 8.51. The number of carboxylic acids is 1. The summed E-state index contributed by atoms with van der Waals surface area (Å²) in [5.74, 6) is -1.72. The topological polar surface area (TPSA) is 92.4 Å². The van der Waals surface area contributed by atoms with Crippen LogP contribution in [0.4, 0.5) is 5.69 Å². The van der Waals surface area contributed by atoms with Gasteiger partial charge in [-0.15, -0.1) is 0 Å². The van der Waals surface area contributed by atoms with Crippen molar-refractivity contribution in [1.82, 2.24) is 0 Å². The number of carbonyl (C=O) groups excluding carboxylic acids is 1. The van der Waals surface area contributed by atoms with E-state index >= 15 is 0 Å². The van der Waals surface area contributed by atoms with E-state index in [0.29, 0.717) is 0 Å². The van der Waals surface area contributed by atoms with E-state index in [9.17, 15) is 9.59 Å². The Morgan fingerprint density at radius 2 is 2.19 bits per heavy atom. The van der Waals surface area contributed by atoms with Gasteiger partial charge in [-0.1, -0.05) is 18.2 Å². The van der Waals surface area contributed by atoms with Gasteiger partial charge in [-0.2, -0.15) is 0 Å². The lowest BCUT2D eigenvalue weighted by molar-refractivity contribution is -0.138. The fourth-order valence-corrected chi connectivity index (χ4v) is 1.86. The van der Waals surface area contributed by atoms with E-state index < -0.39 is 17.9 Å². The van der Waals surface area contributed by atoms with Crippen molar-refractivity contribution in [2.45, 2.75) is 18.4 Å². The van der Waals surface area contributed by atoms with Crippen molar-refractivity contribution in [2.75, 3.05) is 5.32 Å². The number of rotatable bonds is 3. The van der Waals surface area contributed by atoms with Crippen LogP contribution < -0.4 is 11.1 Å². The molecule has 5 heteroatoms. The highest BCUT2D eigenvalue weighted by molar-refractivity contribution is 6.03. The summed E-state index contributed by atoms with van der Waals surface area (Å²) in [6, 6.07) is 6.23. The van der Waals surface area contributed by atoms with E-state index in [1.54, 1.807) is 6.07 Å². The summed E-state index contributed by atoms with van der Waals surface area (Å²) in [5.41, 5.74) is 7.00. The number of anilines is 1. The average molecular weight is 220 g/mol. The maximum absolute atomic E-state index is 11.6. The molecule has 0 saturated carbocycles. The summed E-state index contributed by atoms with van der Waals surface area (Å²) < 4.78 is 0. The van der Waals surface area contributed by atoms with Gasteiger partial charge in [0, 0.05) is 5.69 Å². The number of nitrogens with one attached hydrogen (secondary N) is 1. The van der Waals surface area contributed by atoms with Crippen LogP contribution in [-0.4, -0.2) is 23.0 Å². The van der Waals surface area contributed by atoms with Crippen LogP contribution in [0.15, 0.2) is 24.3 Å². The third-order valence-electron chi connectivity index (χ3n) is 2.72. The normalized spacial score (nSPS) is 20.1. The summed E-state index contributed by atoms with van der Waals surface area (Å²) in [6.45, 7) is 0. The Labute approximate surface area is 92.3 Å². The molecule has 1 aliphatic rings. The van der Waals surface area contributed by atoms with Crippen LogP contribution >= 0.6 is 0 Å². The van der Waals surface area contributed by atoms with Gasteiger partial charge >= 0.3 is 5.97 Å². The highest BCUT2D eigenvalue weighted by Crippen LogP contribution is 2.34. The molecule has 2 atom stereocenters. The van der Waals surface area contributed by atoms with Crippen LogP contribution in [0.2, 0.25) is 0 Å². The number of nitrogens with two attached hydrogens (primary N) is 1. The molecule has 84 valence electrons. The molecule has 0 bridgehead atoms. The minimum atomic E-state index is -1.09. The Morgan fingerprint density at radius 1 is 1.50 bits per heavy atom. The standard InChI is InChI=1S/C11H12N2O3/c12-8(11(15)16)5-7-6-3-1-2-4-9(6)13-10(7)14/h1-4,7-8H,5,12H2,(H,13,14)(H,15,16)/t7-,8-/m1/s1. The molecule has 0 spiro atoms. The smallest absolute Gasteiger partial charge is 0.320 e. The molecule has 1 amide bonds. The van der Waals surface area contributed by atoms with Gasteiger partial charge in [0.2, 0.25) is 5.91 Å². The summed E-state index contributed by atoms with van der Waals surface area (Å²) in [5, 5.41) is 11.4. The maximum atomic E-state index is 11.6. The third kappa shape index (κ3) is 1.77. The van der Waals surface area contributed by atoms with Crippen LogP contribution in [-0.2, 0) is 9.59 Å². The van der Waals surface area contributed by atoms with E-state index in [0.717, 1.165) is 11.3 Å². The van der Waals surface area contributed by atoms with Crippen LogP contribution in [0.1, 0.15) is 17.9 Å². The van der Waals surface area contributed by atoms with Crippen molar-refractivity contribution in [2.24, 2.45) is 5.73 Å². The first-order chi connectivity index (χ1) is 7.59. The summed E-state index contributed by atoms with van der Waals surface area (Å²) in [6.07, 6.45) is 0.123. The summed E-state index contributed by atoms with van der Waals surface area (Å²) in [7, 11) is 0. The number of amides is 1. The minimum Gasteiger partial charge on any atom is -0.480 e. The Bertz CT molecular complexity index is 445. The van der Waals surface area contributed by atoms with E-state index in [4.69, 9.17) is 10.8 Å². The van der Waals surface area contributed by atoms with Gasteiger partial charge in [0.25, 0.3) is 0 Å². The van der Waals surface area contributed by atoms with Crippen molar-refractivity contribution < 1.29 is 14.7 Å². The lowest BCUT2D eigenvalue weighted by atomic mass is 9.94. The van der Waals surface area contributed by atoms with E-state index in [2.05, 4.69) is 5.32 Å². The molecule has 1 aliphatic heterocycles. The van der Waals surface area contributed by atoms with Gasteiger partial charge in [-0.05, 0) is 18.1 Å². The molecule has 0 unspecified atom stereocenters. The molecule has 5 nitrogen and oxygen atoms in total. The fourth-order valence-electron chi connectivity index (χ4n) is 1.86. The predicted octanol–water partition coefficient (Wildman–Crippen LogP) is 0.524. The van der Waals surface area contributed by atoms with Crippen LogP contribution in [0.3, 0.4) is 0 Å². The first-order valence-electron chi connectivity index (χ1n) is 4.98. The molecular formula is C11H12N2O3. The molecule has 0 saturated heterocycles. The first kappa shape index (κ1) is 10.6. The lowest BCUT2D eigenvalue weighted by Gasteiger charge is -2.11. The van der Waals surface area contributed by atoms with Gasteiger partial charge in [0.15, 0.2) is 0 Å². The monoisotopic (exact) mass is 220 g/mol. The summed E-state index contributed by atoms with van der Waals surface area (Å²) in [4.78, 5) is 22.3. The highest BCUT2D eigenvalue weighted by Gasteiger charge is 2.32. The molecule has 0 fully saturated rings. The second-order valence-corrected chi connectivity index (χ2v) is 3.81. The van der Waals surface area contributed by atoms with Gasteiger partial charge in [-0.3, -0.25) is 9.59 Å². The molecule has 1 heterocycles. The number of para-hydroxylation sites is 1. The zero-order chi connectivity index (χ0) is 11.7. The SMILES string of the molecule is N[C@H](C[C@H]1C(=O)Nc2ccccc21)C(=O)O. The molecule has 1 aromatic rings. The molecule has 0 aliphatic carbocycles. The van der Waals surface area contributed by atoms with E-state index in [1.165, 1.54) is 0 Å². The Kier molecular flexibility index (Phi) is 2.62. The third-order valence-corrected chi connectivity index (χ3v) is 2.72. The quantitative estimate of drug-likeness (QED) is 0.692. The molecule has 0 aromatic heterocycles. The zero-order valence-electron chi connectivity index (χ0n) is 8.51. The van der Waals surface area contributed by atoms with Crippen molar-refractivity contribution in [3.8, 4) is 0 Å². The van der Waals surface area contributed by atoms with Crippen molar-refractivity contribution in [3.05, 3.63) is 29.8 Å². The molecule has 1 aromatic carbocycles. The number of benzene rings is 1. The number of hydrogen-bond acceptors (Lipinski definition) is 3. The second-order valence-electron chi connectivity index (χ2n) is 3.81. The van der Waals surface area contributed by atoms with E-state index in [-0.39, 0.29) is 12.3 Å². The number of hydrogen-bond donors (Lipinski definition) is 3. The van der Waals surface area contributed by atoms with Crippen LogP contribution in [0.5, 0.6) is 0 Å². The molecule has 16 heavy (non-hydrogen) atoms. The van der Waals surface area contributed by atoms with E-state index in [1.807, 2.05) is 18.2 Å². The average Bonchev–Trinajstić information content (AvgIpc) is 2.55. The number of fused-ring (bicyclic) bond motifs is 1. The van der Waals surface area contributed by atoms with Gasteiger partial charge in [0.1, 0.15) is 6.04 Å². The predicted molar refractivity (Wildman–Crippen MR) is 58.0 cm³/mol. The van der Waals surface area contributed by atoms with Gasteiger partial charge < -0.3 is 16.2 Å². The Balaban J connectivity index is 2.22. The fraction of sp³-hybridized carbons (Fsp3) is 0.273.